The highest BCUT2D eigenvalue weighted by Gasteiger charge is 2.19. The standard InChI is InChI=1S/C18H16ClN3OS/c1-12-8-9-15(10-16(12)19)22-11-20-21-18(22)24-13(2)17(23)14-6-4-3-5-7-14/h3-11,13H,1-2H3/t13-/m0/s1. The summed E-state index contributed by atoms with van der Waals surface area (Å²) in [6.45, 7) is 3.83. The third-order valence-electron chi connectivity index (χ3n) is 3.66. The Morgan fingerprint density at radius 3 is 2.67 bits per heavy atom. The molecule has 24 heavy (non-hydrogen) atoms. The number of aryl methyl sites for hydroxylation is 1. The van der Waals surface area contributed by atoms with Crippen LogP contribution in [0.5, 0.6) is 0 Å². The van der Waals surface area contributed by atoms with Gasteiger partial charge in [-0.2, -0.15) is 0 Å². The van der Waals surface area contributed by atoms with Gasteiger partial charge in [0.2, 0.25) is 0 Å². The molecule has 0 N–H and O–H groups in total. The Balaban J connectivity index is 1.83. The third kappa shape index (κ3) is 3.52. The SMILES string of the molecule is Cc1ccc(-n2cnnc2S[C@@H](C)C(=O)c2ccccc2)cc1Cl. The van der Waals surface area contributed by atoms with E-state index in [1.165, 1.54) is 11.8 Å². The molecule has 6 heteroatoms. The lowest BCUT2D eigenvalue weighted by Crippen LogP contribution is -2.14. The van der Waals surface area contributed by atoms with Crippen molar-refractivity contribution in [1.82, 2.24) is 14.8 Å². The summed E-state index contributed by atoms with van der Waals surface area (Å²) in [4.78, 5) is 12.5. The molecule has 0 amide bonds. The molecule has 3 aromatic rings. The fraction of sp³-hybridized carbons (Fsp3) is 0.167. The number of carbonyl (C=O) groups excluding carboxylic acids is 1. The maximum absolute atomic E-state index is 12.5. The van der Waals surface area contributed by atoms with Gasteiger partial charge in [0.15, 0.2) is 10.9 Å². The van der Waals surface area contributed by atoms with Gasteiger partial charge in [-0.05, 0) is 31.5 Å². The summed E-state index contributed by atoms with van der Waals surface area (Å²) in [6, 6.07) is 15.0. The quantitative estimate of drug-likeness (QED) is 0.495. The molecule has 0 unspecified atom stereocenters. The van der Waals surface area contributed by atoms with Gasteiger partial charge >= 0.3 is 0 Å². The van der Waals surface area contributed by atoms with Crippen LogP contribution in [-0.4, -0.2) is 25.8 Å². The Hall–Kier alpha value is -2.11. The number of aromatic nitrogens is 3. The predicted octanol–water partition coefficient (Wildman–Crippen LogP) is 4.59. The molecule has 0 saturated carbocycles. The van der Waals surface area contributed by atoms with Crippen molar-refractivity contribution in [1.29, 1.82) is 0 Å². The Labute approximate surface area is 149 Å². The summed E-state index contributed by atoms with van der Waals surface area (Å²) in [5.41, 5.74) is 2.58. The lowest BCUT2D eigenvalue weighted by atomic mass is 10.1. The highest BCUT2D eigenvalue weighted by Crippen LogP contribution is 2.27. The van der Waals surface area contributed by atoms with Crippen molar-refractivity contribution in [3.63, 3.8) is 0 Å². The number of carbonyl (C=O) groups is 1. The van der Waals surface area contributed by atoms with Crippen molar-refractivity contribution >= 4 is 29.1 Å². The topological polar surface area (TPSA) is 47.8 Å². The highest BCUT2D eigenvalue weighted by atomic mass is 35.5. The van der Waals surface area contributed by atoms with Crippen molar-refractivity contribution in [3.05, 3.63) is 71.0 Å². The Morgan fingerprint density at radius 2 is 1.96 bits per heavy atom. The van der Waals surface area contributed by atoms with E-state index in [-0.39, 0.29) is 11.0 Å². The molecular weight excluding hydrogens is 342 g/mol. The van der Waals surface area contributed by atoms with E-state index in [2.05, 4.69) is 10.2 Å². The maximum atomic E-state index is 12.5. The van der Waals surface area contributed by atoms with Crippen LogP contribution in [0.1, 0.15) is 22.8 Å². The summed E-state index contributed by atoms with van der Waals surface area (Å²) < 4.78 is 1.84. The average Bonchev–Trinajstić information content (AvgIpc) is 3.05. The van der Waals surface area contributed by atoms with E-state index in [0.29, 0.717) is 15.7 Å². The van der Waals surface area contributed by atoms with E-state index < -0.39 is 0 Å². The normalized spacial score (nSPS) is 12.1. The molecule has 0 aliphatic heterocycles. The number of benzene rings is 2. The van der Waals surface area contributed by atoms with Crippen LogP contribution in [0.3, 0.4) is 0 Å². The van der Waals surface area contributed by atoms with Crippen LogP contribution in [0.2, 0.25) is 5.02 Å². The molecule has 0 radical (unpaired) electrons. The van der Waals surface area contributed by atoms with Gasteiger partial charge in [0.1, 0.15) is 6.33 Å². The molecule has 0 spiro atoms. The lowest BCUT2D eigenvalue weighted by Gasteiger charge is -2.12. The fourth-order valence-corrected chi connectivity index (χ4v) is 3.36. The number of halogens is 1. The minimum atomic E-state index is -0.267. The minimum absolute atomic E-state index is 0.0667. The average molecular weight is 358 g/mol. The number of Topliss-reactive ketones (excluding diaryl/α,β-unsaturated/α-hetero) is 1. The molecule has 0 saturated heterocycles. The van der Waals surface area contributed by atoms with Gasteiger partial charge in [0, 0.05) is 10.6 Å². The van der Waals surface area contributed by atoms with E-state index in [1.54, 1.807) is 6.33 Å². The summed E-state index contributed by atoms with van der Waals surface area (Å²) in [5, 5.41) is 9.19. The Kier molecular flexibility index (Phi) is 5.02. The first-order chi connectivity index (χ1) is 11.6. The summed E-state index contributed by atoms with van der Waals surface area (Å²) in [5.74, 6) is 0.0667. The van der Waals surface area contributed by atoms with E-state index >= 15 is 0 Å². The second-order valence-corrected chi connectivity index (χ2v) is 7.12. The monoisotopic (exact) mass is 357 g/mol. The minimum Gasteiger partial charge on any atom is -0.293 e. The van der Waals surface area contributed by atoms with Crippen LogP contribution >= 0.6 is 23.4 Å². The second kappa shape index (κ2) is 7.20. The van der Waals surface area contributed by atoms with Crippen molar-refractivity contribution in [2.24, 2.45) is 0 Å². The molecule has 0 fully saturated rings. The summed E-state index contributed by atoms with van der Waals surface area (Å²) >= 11 is 7.59. The molecule has 1 atom stereocenters. The molecule has 1 aromatic heterocycles. The Bertz CT molecular complexity index is 864. The zero-order valence-corrected chi connectivity index (χ0v) is 14.9. The molecule has 0 aliphatic carbocycles. The van der Waals surface area contributed by atoms with E-state index in [0.717, 1.165) is 11.3 Å². The smallest absolute Gasteiger partial charge is 0.196 e. The van der Waals surface area contributed by atoms with Crippen molar-refractivity contribution in [3.8, 4) is 5.69 Å². The molecular formula is C18H16ClN3OS. The zero-order valence-electron chi connectivity index (χ0n) is 13.3. The summed E-state index contributed by atoms with van der Waals surface area (Å²) in [7, 11) is 0. The first-order valence-corrected chi connectivity index (χ1v) is 8.74. The molecule has 0 aliphatic rings. The highest BCUT2D eigenvalue weighted by molar-refractivity contribution is 8.00. The van der Waals surface area contributed by atoms with Crippen LogP contribution in [-0.2, 0) is 0 Å². The van der Waals surface area contributed by atoms with Crippen LogP contribution in [0.15, 0.2) is 60.0 Å². The maximum Gasteiger partial charge on any atom is 0.196 e. The van der Waals surface area contributed by atoms with Crippen LogP contribution in [0, 0.1) is 6.92 Å². The first kappa shape index (κ1) is 16.7. The molecule has 1 heterocycles. The van der Waals surface area contributed by atoms with Gasteiger partial charge in [0.05, 0.1) is 10.9 Å². The molecule has 4 nitrogen and oxygen atoms in total. The zero-order chi connectivity index (χ0) is 17.1. The van der Waals surface area contributed by atoms with Crippen molar-refractivity contribution < 1.29 is 4.79 Å². The fourth-order valence-electron chi connectivity index (χ4n) is 2.26. The van der Waals surface area contributed by atoms with Crippen molar-refractivity contribution in [2.75, 3.05) is 0 Å². The number of rotatable bonds is 5. The first-order valence-electron chi connectivity index (χ1n) is 7.48. The largest absolute Gasteiger partial charge is 0.293 e. The number of ketones is 1. The predicted molar refractivity (Wildman–Crippen MR) is 97.2 cm³/mol. The third-order valence-corrected chi connectivity index (χ3v) is 5.12. The summed E-state index contributed by atoms with van der Waals surface area (Å²) in [6.07, 6.45) is 1.63. The molecule has 3 rings (SSSR count). The van der Waals surface area contributed by atoms with E-state index in [1.807, 2.05) is 66.9 Å². The van der Waals surface area contributed by atoms with E-state index in [9.17, 15) is 4.79 Å². The van der Waals surface area contributed by atoms with E-state index in [4.69, 9.17) is 11.6 Å². The molecule has 122 valence electrons. The number of thioether (sulfide) groups is 1. The van der Waals surface area contributed by atoms with Gasteiger partial charge in [-0.1, -0.05) is 59.8 Å². The molecule has 2 aromatic carbocycles. The number of hydrogen-bond donors (Lipinski definition) is 0. The lowest BCUT2D eigenvalue weighted by molar-refractivity contribution is 0.0994. The van der Waals surface area contributed by atoms with Crippen LogP contribution in [0.4, 0.5) is 0 Å². The van der Waals surface area contributed by atoms with Crippen LogP contribution < -0.4 is 0 Å². The van der Waals surface area contributed by atoms with Gasteiger partial charge in [0.25, 0.3) is 0 Å². The van der Waals surface area contributed by atoms with Gasteiger partial charge < -0.3 is 0 Å². The second-order valence-electron chi connectivity index (χ2n) is 5.41. The number of hydrogen-bond acceptors (Lipinski definition) is 4. The Morgan fingerprint density at radius 1 is 1.21 bits per heavy atom. The number of nitrogens with zero attached hydrogens (tertiary/aromatic N) is 3. The van der Waals surface area contributed by atoms with Crippen LogP contribution in [0.25, 0.3) is 5.69 Å². The van der Waals surface area contributed by atoms with Gasteiger partial charge in [-0.3, -0.25) is 9.36 Å². The van der Waals surface area contributed by atoms with Gasteiger partial charge in [-0.15, -0.1) is 10.2 Å². The van der Waals surface area contributed by atoms with Gasteiger partial charge in [-0.25, -0.2) is 0 Å². The molecule has 0 bridgehead atoms. The van der Waals surface area contributed by atoms with Crippen molar-refractivity contribution in [2.45, 2.75) is 24.3 Å².